The van der Waals surface area contributed by atoms with Crippen LogP contribution in [-0.4, -0.2) is 31.2 Å². The minimum absolute atomic E-state index is 0.0562. The molecule has 1 rings (SSSR count). The normalized spacial score (nSPS) is 29.3. The Balaban J connectivity index is 2.27. The van der Waals surface area contributed by atoms with Gasteiger partial charge in [0.25, 0.3) is 0 Å². The number of hydrogen-bond donors (Lipinski definition) is 2. The van der Waals surface area contributed by atoms with E-state index in [0.29, 0.717) is 32.0 Å². The summed E-state index contributed by atoms with van der Waals surface area (Å²) in [6.45, 7) is 5.86. The Labute approximate surface area is 97.9 Å². The monoisotopic (exact) mass is 228 g/mol. The lowest BCUT2D eigenvalue weighted by Crippen LogP contribution is -2.39. The number of ether oxygens (including phenoxy) is 1. The zero-order chi connectivity index (χ0) is 12.0. The molecule has 94 valence electrons. The molecule has 0 aliphatic heterocycles. The molecule has 16 heavy (non-hydrogen) atoms. The summed E-state index contributed by atoms with van der Waals surface area (Å²) in [5, 5.41) is 2.76. The fourth-order valence-electron chi connectivity index (χ4n) is 2.37. The van der Waals surface area contributed by atoms with Gasteiger partial charge in [0.15, 0.2) is 0 Å². The first kappa shape index (κ1) is 13.5. The highest BCUT2D eigenvalue weighted by atomic mass is 16.5. The molecule has 1 aliphatic rings. The molecule has 0 heterocycles. The highest BCUT2D eigenvalue weighted by Gasteiger charge is 2.37. The summed E-state index contributed by atoms with van der Waals surface area (Å²) in [7, 11) is 0. The molecule has 1 saturated carbocycles. The first-order valence-electron chi connectivity index (χ1n) is 6.22. The van der Waals surface area contributed by atoms with Gasteiger partial charge in [-0.3, -0.25) is 4.79 Å². The van der Waals surface area contributed by atoms with Crippen LogP contribution in [0.15, 0.2) is 0 Å². The van der Waals surface area contributed by atoms with Crippen LogP contribution in [0.5, 0.6) is 0 Å². The first-order chi connectivity index (χ1) is 7.62. The van der Waals surface area contributed by atoms with Crippen LogP contribution in [0.1, 0.15) is 39.5 Å². The highest BCUT2D eigenvalue weighted by molar-refractivity contribution is 5.75. The molecule has 4 nitrogen and oxygen atoms in total. The topological polar surface area (TPSA) is 64.3 Å². The maximum atomic E-state index is 11.3. The Bertz CT molecular complexity index is 233. The minimum atomic E-state index is -0.161. The Morgan fingerprint density at radius 3 is 2.88 bits per heavy atom. The van der Waals surface area contributed by atoms with Crippen LogP contribution in [-0.2, 0) is 9.53 Å². The van der Waals surface area contributed by atoms with E-state index in [-0.39, 0.29) is 11.5 Å². The van der Waals surface area contributed by atoms with Gasteiger partial charge in [-0.25, -0.2) is 0 Å². The second-order valence-corrected chi connectivity index (χ2v) is 4.79. The van der Waals surface area contributed by atoms with E-state index in [1.807, 2.05) is 6.92 Å². The summed E-state index contributed by atoms with van der Waals surface area (Å²) < 4.78 is 5.84. The van der Waals surface area contributed by atoms with Crippen LogP contribution < -0.4 is 11.1 Å². The summed E-state index contributed by atoms with van der Waals surface area (Å²) in [6.07, 6.45) is 3.67. The Hall–Kier alpha value is -0.610. The maximum absolute atomic E-state index is 11.3. The number of rotatable bonds is 6. The van der Waals surface area contributed by atoms with Crippen molar-refractivity contribution in [3.63, 3.8) is 0 Å². The molecule has 0 saturated heterocycles. The molecule has 0 bridgehead atoms. The smallest absolute Gasteiger partial charge is 0.222 e. The largest absolute Gasteiger partial charge is 0.373 e. The number of amides is 1. The summed E-state index contributed by atoms with van der Waals surface area (Å²) in [4.78, 5) is 11.3. The average molecular weight is 228 g/mol. The predicted molar refractivity (Wildman–Crippen MR) is 64.1 cm³/mol. The molecule has 0 aromatic heterocycles. The van der Waals surface area contributed by atoms with Crippen molar-refractivity contribution >= 4 is 5.91 Å². The molecule has 3 N–H and O–H groups in total. The van der Waals surface area contributed by atoms with Gasteiger partial charge in [-0.05, 0) is 32.1 Å². The van der Waals surface area contributed by atoms with Crippen molar-refractivity contribution in [2.45, 2.75) is 45.1 Å². The van der Waals surface area contributed by atoms with Gasteiger partial charge in [0.2, 0.25) is 5.91 Å². The van der Waals surface area contributed by atoms with Crippen LogP contribution in [0, 0.1) is 5.92 Å². The summed E-state index contributed by atoms with van der Waals surface area (Å²) in [5.41, 5.74) is 5.62. The Morgan fingerprint density at radius 1 is 1.62 bits per heavy atom. The average Bonchev–Trinajstić information content (AvgIpc) is 2.61. The number of nitrogens with one attached hydrogen (secondary N) is 1. The maximum Gasteiger partial charge on any atom is 0.222 e. The molecule has 2 unspecified atom stereocenters. The van der Waals surface area contributed by atoms with Gasteiger partial charge in [0.05, 0.1) is 12.2 Å². The van der Waals surface area contributed by atoms with Crippen molar-refractivity contribution in [3.05, 3.63) is 0 Å². The Kier molecular flexibility index (Phi) is 5.22. The lowest BCUT2D eigenvalue weighted by Gasteiger charge is -2.28. The van der Waals surface area contributed by atoms with Crippen LogP contribution in [0.4, 0.5) is 0 Å². The molecule has 1 amide bonds. The highest BCUT2D eigenvalue weighted by Crippen LogP contribution is 2.36. The van der Waals surface area contributed by atoms with Crippen molar-refractivity contribution in [1.29, 1.82) is 0 Å². The molecule has 0 spiro atoms. The van der Waals surface area contributed by atoms with E-state index >= 15 is 0 Å². The summed E-state index contributed by atoms with van der Waals surface area (Å²) in [5.74, 6) is 0.744. The number of carbonyl (C=O) groups is 1. The Morgan fingerprint density at radius 2 is 2.38 bits per heavy atom. The van der Waals surface area contributed by atoms with Crippen molar-refractivity contribution in [2.24, 2.45) is 11.7 Å². The van der Waals surface area contributed by atoms with Crippen LogP contribution in [0.2, 0.25) is 0 Å². The summed E-state index contributed by atoms with van der Waals surface area (Å²) in [6, 6.07) is 0. The standard InChI is InChI=1S/C12H24N2O2/c1-3-14-11(15)5-7-16-12(9-13)6-4-10(2)8-12/h10H,3-9,13H2,1-2H3,(H,14,15). The number of carbonyl (C=O) groups excluding carboxylic acids is 1. The van der Waals surface area contributed by atoms with Gasteiger partial charge in [-0.15, -0.1) is 0 Å². The van der Waals surface area contributed by atoms with E-state index in [4.69, 9.17) is 10.5 Å². The molecule has 2 atom stereocenters. The first-order valence-corrected chi connectivity index (χ1v) is 6.22. The van der Waals surface area contributed by atoms with Crippen LogP contribution in [0.3, 0.4) is 0 Å². The van der Waals surface area contributed by atoms with E-state index in [2.05, 4.69) is 12.2 Å². The molecule has 0 aromatic carbocycles. The molecule has 0 aromatic rings. The predicted octanol–water partition coefficient (Wildman–Crippen LogP) is 1.05. The fourth-order valence-corrected chi connectivity index (χ4v) is 2.37. The van der Waals surface area contributed by atoms with E-state index in [1.165, 1.54) is 6.42 Å². The van der Waals surface area contributed by atoms with Crippen LogP contribution in [0.25, 0.3) is 0 Å². The quantitative estimate of drug-likeness (QED) is 0.714. The van der Waals surface area contributed by atoms with Crippen molar-refractivity contribution in [2.75, 3.05) is 19.7 Å². The SMILES string of the molecule is CCNC(=O)CCOC1(CN)CCC(C)C1. The molecular weight excluding hydrogens is 204 g/mol. The minimum Gasteiger partial charge on any atom is -0.373 e. The van der Waals surface area contributed by atoms with E-state index in [0.717, 1.165) is 12.8 Å². The lowest BCUT2D eigenvalue weighted by molar-refractivity contribution is -0.123. The molecule has 0 radical (unpaired) electrons. The van der Waals surface area contributed by atoms with Gasteiger partial charge < -0.3 is 15.8 Å². The van der Waals surface area contributed by atoms with E-state index in [9.17, 15) is 4.79 Å². The summed E-state index contributed by atoms with van der Waals surface area (Å²) >= 11 is 0. The third kappa shape index (κ3) is 3.76. The molecule has 1 aliphatic carbocycles. The van der Waals surface area contributed by atoms with Gasteiger partial charge in [-0.2, -0.15) is 0 Å². The molecule has 4 heteroatoms. The van der Waals surface area contributed by atoms with E-state index in [1.54, 1.807) is 0 Å². The van der Waals surface area contributed by atoms with Crippen molar-refractivity contribution < 1.29 is 9.53 Å². The zero-order valence-electron chi connectivity index (χ0n) is 10.4. The van der Waals surface area contributed by atoms with E-state index < -0.39 is 0 Å². The second kappa shape index (κ2) is 6.21. The molecule has 1 fully saturated rings. The lowest BCUT2D eigenvalue weighted by atomic mass is 10.0. The van der Waals surface area contributed by atoms with Gasteiger partial charge in [-0.1, -0.05) is 6.92 Å². The second-order valence-electron chi connectivity index (χ2n) is 4.79. The fraction of sp³-hybridized carbons (Fsp3) is 0.917. The van der Waals surface area contributed by atoms with Crippen molar-refractivity contribution in [1.82, 2.24) is 5.32 Å². The number of nitrogens with two attached hydrogens (primary N) is 1. The third-order valence-electron chi connectivity index (χ3n) is 3.30. The third-order valence-corrected chi connectivity index (χ3v) is 3.30. The van der Waals surface area contributed by atoms with Gasteiger partial charge in [0.1, 0.15) is 0 Å². The van der Waals surface area contributed by atoms with Crippen molar-refractivity contribution in [3.8, 4) is 0 Å². The number of hydrogen-bond acceptors (Lipinski definition) is 3. The van der Waals surface area contributed by atoms with Crippen LogP contribution >= 0.6 is 0 Å². The zero-order valence-corrected chi connectivity index (χ0v) is 10.4. The molecular formula is C12H24N2O2. The van der Waals surface area contributed by atoms with Gasteiger partial charge >= 0.3 is 0 Å². The van der Waals surface area contributed by atoms with Gasteiger partial charge in [0, 0.05) is 19.5 Å².